The second-order valence-corrected chi connectivity index (χ2v) is 8.25. The number of furan rings is 1. The minimum absolute atomic E-state index is 0.182. The van der Waals surface area contributed by atoms with E-state index in [0.29, 0.717) is 28.9 Å². The van der Waals surface area contributed by atoms with Gasteiger partial charge in [0.05, 0.1) is 25.4 Å². The third-order valence-corrected chi connectivity index (χ3v) is 5.95. The normalized spacial score (nSPS) is 12.3. The fourth-order valence-electron chi connectivity index (χ4n) is 3.56. The summed E-state index contributed by atoms with van der Waals surface area (Å²) in [5.41, 5.74) is 3.25. The summed E-state index contributed by atoms with van der Waals surface area (Å²) in [7, 11) is 1.28. The van der Waals surface area contributed by atoms with Crippen LogP contribution in [0, 0.1) is 20.8 Å². The largest absolute Gasteiger partial charge is 0.467 e. The van der Waals surface area contributed by atoms with E-state index >= 15 is 0 Å². The standard InChI is InChI=1S/C22H25NO6S/c1-11-10-28-19-13(3)20-15(8-14(11)19)12(2)16(21(25)29-20)9-18(24)23-17(6-7-30-5)22(26)27-4/h8,10,17H,6-7,9H2,1-5H3,(H,23,24). The van der Waals surface area contributed by atoms with Crippen LogP contribution >= 0.6 is 11.8 Å². The van der Waals surface area contributed by atoms with Crippen LogP contribution in [0.2, 0.25) is 0 Å². The van der Waals surface area contributed by atoms with Crippen molar-refractivity contribution in [1.82, 2.24) is 5.32 Å². The van der Waals surface area contributed by atoms with Gasteiger partial charge in [0.15, 0.2) is 0 Å². The molecule has 1 amide bonds. The predicted molar refractivity (Wildman–Crippen MR) is 117 cm³/mol. The van der Waals surface area contributed by atoms with Crippen molar-refractivity contribution in [3.63, 3.8) is 0 Å². The Kier molecular flexibility index (Phi) is 6.55. The van der Waals surface area contributed by atoms with Gasteiger partial charge in [0.25, 0.3) is 0 Å². The SMILES string of the molecule is COC(=O)C(CCSC)NC(=O)Cc1c(C)c2cc3c(C)coc3c(C)c2oc1=O. The average molecular weight is 432 g/mol. The zero-order chi connectivity index (χ0) is 22.0. The average Bonchev–Trinajstić information content (AvgIpc) is 3.10. The van der Waals surface area contributed by atoms with Gasteiger partial charge < -0.3 is 18.9 Å². The second kappa shape index (κ2) is 8.95. The summed E-state index contributed by atoms with van der Waals surface area (Å²) < 4.78 is 15.9. The van der Waals surface area contributed by atoms with Gasteiger partial charge >= 0.3 is 11.6 Å². The molecular weight excluding hydrogens is 406 g/mol. The van der Waals surface area contributed by atoms with E-state index in [1.54, 1.807) is 24.9 Å². The molecule has 0 aliphatic heterocycles. The molecule has 0 saturated heterocycles. The number of aryl methyl sites for hydroxylation is 3. The molecule has 2 aromatic heterocycles. The van der Waals surface area contributed by atoms with Gasteiger partial charge in [-0.25, -0.2) is 9.59 Å². The molecule has 0 spiro atoms. The predicted octanol–water partition coefficient (Wildman–Crippen LogP) is 3.42. The van der Waals surface area contributed by atoms with Gasteiger partial charge in [-0.3, -0.25) is 4.79 Å². The highest BCUT2D eigenvalue weighted by Crippen LogP contribution is 2.32. The Hall–Kier alpha value is -2.74. The highest BCUT2D eigenvalue weighted by molar-refractivity contribution is 7.98. The van der Waals surface area contributed by atoms with E-state index in [0.717, 1.165) is 21.9 Å². The van der Waals surface area contributed by atoms with Crippen molar-refractivity contribution in [3.8, 4) is 0 Å². The fourth-order valence-corrected chi connectivity index (χ4v) is 4.03. The minimum atomic E-state index is -0.752. The molecule has 1 unspecified atom stereocenters. The minimum Gasteiger partial charge on any atom is -0.467 e. The fraction of sp³-hybridized carbons (Fsp3) is 0.409. The zero-order valence-corrected chi connectivity index (χ0v) is 18.5. The molecular formula is C22H25NO6S. The number of rotatable bonds is 7. The molecule has 3 aromatic rings. The summed E-state index contributed by atoms with van der Waals surface area (Å²) in [4.78, 5) is 37.2. The van der Waals surface area contributed by atoms with E-state index in [1.165, 1.54) is 7.11 Å². The summed E-state index contributed by atoms with van der Waals surface area (Å²) in [6, 6.07) is 1.17. The molecule has 1 atom stereocenters. The highest BCUT2D eigenvalue weighted by atomic mass is 32.2. The summed E-state index contributed by atoms with van der Waals surface area (Å²) in [5.74, 6) is -0.247. The van der Waals surface area contributed by atoms with E-state index in [-0.39, 0.29) is 12.0 Å². The van der Waals surface area contributed by atoms with Crippen molar-refractivity contribution in [1.29, 1.82) is 0 Å². The molecule has 0 saturated carbocycles. The van der Waals surface area contributed by atoms with Crippen molar-refractivity contribution in [2.24, 2.45) is 0 Å². The molecule has 7 nitrogen and oxygen atoms in total. The summed E-state index contributed by atoms with van der Waals surface area (Å²) in [5, 5.41) is 4.38. The summed E-state index contributed by atoms with van der Waals surface area (Å²) in [6.07, 6.45) is 3.85. The number of hydrogen-bond donors (Lipinski definition) is 1. The van der Waals surface area contributed by atoms with E-state index in [2.05, 4.69) is 5.32 Å². The maximum atomic E-state index is 12.7. The molecule has 2 heterocycles. The van der Waals surface area contributed by atoms with Crippen LogP contribution in [0.1, 0.15) is 28.7 Å². The van der Waals surface area contributed by atoms with Crippen LogP contribution in [0.3, 0.4) is 0 Å². The molecule has 0 aliphatic carbocycles. The van der Waals surface area contributed by atoms with Gasteiger partial charge in [-0.05, 0) is 56.4 Å². The van der Waals surface area contributed by atoms with Gasteiger partial charge in [0, 0.05) is 16.3 Å². The number of benzene rings is 1. The van der Waals surface area contributed by atoms with Gasteiger partial charge in [0.1, 0.15) is 17.2 Å². The molecule has 1 aromatic carbocycles. The number of methoxy groups -OCH3 is 1. The van der Waals surface area contributed by atoms with Crippen LogP contribution in [-0.4, -0.2) is 37.0 Å². The summed E-state index contributed by atoms with van der Waals surface area (Å²) >= 11 is 1.57. The van der Waals surface area contributed by atoms with Crippen LogP contribution in [0.5, 0.6) is 0 Å². The van der Waals surface area contributed by atoms with Crippen LogP contribution in [0.4, 0.5) is 0 Å². The van der Waals surface area contributed by atoms with Crippen molar-refractivity contribution in [2.75, 3.05) is 19.1 Å². The lowest BCUT2D eigenvalue weighted by Gasteiger charge is -2.16. The van der Waals surface area contributed by atoms with Crippen LogP contribution in [-0.2, 0) is 20.7 Å². The maximum Gasteiger partial charge on any atom is 0.340 e. The molecule has 0 bridgehead atoms. The summed E-state index contributed by atoms with van der Waals surface area (Å²) in [6.45, 7) is 5.59. The third kappa shape index (κ3) is 4.09. The van der Waals surface area contributed by atoms with E-state index < -0.39 is 23.5 Å². The first kappa shape index (κ1) is 22.0. The number of esters is 1. The van der Waals surface area contributed by atoms with Crippen LogP contribution in [0.15, 0.2) is 26.0 Å². The number of amides is 1. The number of carbonyl (C=O) groups is 2. The highest BCUT2D eigenvalue weighted by Gasteiger charge is 2.23. The number of thioether (sulfide) groups is 1. The molecule has 30 heavy (non-hydrogen) atoms. The Morgan fingerprint density at radius 3 is 2.57 bits per heavy atom. The first-order valence-electron chi connectivity index (χ1n) is 9.58. The number of ether oxygens (including phenoxy) is 1. The monoisotopic (exact) mass is 431 g/mol. The quantitative estimate of drug-likeness (QED) is 0.452. The van der Waals surface area contributed by atoms with Crippen molar-refractivity contribution >= 4 is 45.6 Å². The van der Waals surface area contributed by atoms with Gasteiger partial charge in [-0.2, -0.15) is 11.8 Å². The van der Waals surface area contributed by atoms with Gasteiger partial charge in [-0.15, -0.1) is 0 Å². The topological polar surface area (TPSA) is 98.8 Å². The Morgan fingerprint density at radius 2 is 1.90 bits per heavy atom. The lowest BCUT2D eigenvalue weighted by Crippen LogP contribution is -2.43. The molecule has 0 radical (unpaired) electrons. The molecule has 8 heteroatoms. The van der Waals surface area contributed by atoms with Crippen molar-refractivity contribution in [3.05, 3.63) is 45.0 Å². The lowest BCUT2D eigenvalue weighted by molar-refractivity contribution is -0.145. The van der Waals surface area contributed by atoms with Crippen molar-refractivity contribution < 1.29 is 23.2 Å². The Morgan fingerprint density at radius 1 is 1.17 bits per heavy atom. The van der Waals surface area contributed by atoms with Crippen molar-refractivity contribution in [2.45, 2.75) is 39.7 Å². The molecule has 0 aliphatic rings. The first-order valence-corrected chi connectivity index (χ1v) is 11.0. The Labute approximate surface area is 178 Å². The second-order valence-electron chi connectivity index (χ2n) is 7.27. The molecule has 0 fully saturated rings. The zero-order valence-electron chi connectivity index (χ0n) is 17.7. The molecule has 1 N–H and O–H groups in total. The number of fused-ring (bicyclic) bond motifs is 2. The Bertz CT molecular complexity index is 1180. The van der Waals surface area contributed by atoms with E-state index in [4.69, 9.17) is 13.6 Å². The molecule has 160 valence electrons. The first-order chi connectivity index (χ1) is 14.3. The molecule has 3 rings (SSSR count). The third-order valence-electron chi connectivity index (χ3n) is 5.30. The van der Waals surface area contributed by atoms with Gasteiger partial charge in [0.2, 0.25) is 5.91 Å². The van der Waals surface area contributed by atoms with E-state index in [9.17, 15) is 14.4 Å². The number of hydrogen-bond acceptors (Lipinski definition) is 7. The van der Waals surface area contributed by atoms with E-state index in [1.807, 2.05) is 26.2 Å². The maximum absolute atomic E-state index is 12.7. The Balaban J connectivity index is 1.96. The lowest BCUT2D eigenvalue weighted by atomic mass is 9.99. The number of carbonyl (C=O) groups excluding carboxylic acids is 2. The van der Waals surface area contributed by atoms with Crippen LogP contribution < -0.4 is 10.9 Å². The van der Waals surface area contributed by atoms with Crippen LogP contribution in [0.25, 0.3) is 21.9 Å². The number of nitrogens with one attached hydrogen (secondary N) is 1. The smallest absolute Gasteiger partial charge is 0.340 e. The van der Waals surface area contributed by atoms with Gasteiger partial charge in [-0.1, -0.05) is 0 Å².